The maximum absolute atomic E-state index is 13.8. The normalized spacial score (nSPS) is 10.9. The second-order valence-corrected chi connectivity index (χ2v) is 5.72. The van der Waals surface area contributed by atoms with Gasteiger partial charge in [-0.2, -0.15) is 0 Å². The van der Waals surface area contributed by atoms with Crippen molar-refractivity contribution in [2.75, 3.05) is 12.4 Å². The number of carbonyl (C=O) groups excluding carboxylic acids is 1. The number of amides is 1. The first-order valence-corrected chi connectivity index (χ1v) is 7.77. The smallest absolute Gasteiger partial charge is 0.259 e. The molecule has 2 heterocycles. The van der Waals surface area contributed by atoms with Crippen LogP contribution in [0.15, 0.2) is 36.5 Å². The molecule has 0 bridgehead atoms. The van der Waals surface area contributed by atoms with Crippen LogP contribution in [0.5, 0.6) is 11.6 Å². The predicted octanol–water partition coefficient (Wildman–Crippen LogP) is 3.75. The molecule has 0 unspecified atom stereocenters. The van der Waals surface area contributed by atoms with E-state index < -0.39 is 11.7 Å². The van der Waals surface area contributed by atoms with Gasteiger partial charge in [0.2, 0.25) is 5.88 Å². The second kappa shape index (κ2) is 6.80. The monoisotopic (exact) mass is 343 g/mol. The van der Waals surface area contributed by atoms with Crippen molar-refractivity contribution in [3.8, 4) is 11.6 Å². The molecule has 3 rings (SSSR count). The van der Waals surface area contributed by atoms with E-state index in [2.05, 4.69) is 15.3 Å². The van der Waals surface area contributed by atoms with Gasteiger partial charge < -0.3 is 19.8 Å². The largest absolute Gasteiger partial charge is 0.494 e. The van der Waals surface area contributed by atoms with E-state index in [0.29, 0.717) is 28.2 Å². The van der Waals surface area contributed by atoms with Gasteiger partial charge in [0.15, 0.2) is 11.6 Å². The van der Waals surface area contributed by atoms with Gasteiger partial charge in [-0.05, 0) is 32.0 Å². The van der Waals surface area contributed by atoms with Gasteiger partial charge in [-0.3, -0.25) is 4.79 Å². The number of methoxy groups -OCH3 is 1. The molecule has 0 saturated carbocycles. The fraction of sp³-hybridized carbons (Fsp3) is 0.222. The van der Waals surface area contributed by atoms with Crippen molar-refractivity contribution in [3.05, 3.63) is 47.9 Å². The Balaban J connectivity index is 1.87. The molecule has 2 aromatic heterocycles. The molecular weight excluding hydrogens is 325 g/mol. The maximum atomic E-state index is 13.8. The zero-order valence-corrected chi connectivity index (χ0v) is 14.1. The molecule has 25 heavy (non-hydrogen) atoms. The number of fused-ring (bicyclic) bond motifs is 1. The van der Waals surface area contributed by atoms with Crippen molar-refractivity contribution >= 4 is 22.6 Å². The number of carbonyl (C=O) groups is 1. The molecule has 0 saturated heterocycles. The molecule has 1 aromatic carbocycles. The first-order valence-electron chi connectivity index (χ1n) is 7.77. The van der Waals surface area contributed by atoms with Gasteiger partial charge in [-0.15, -0.1) is 0 Å². The molecule has 0 fully saturated rings. The van der Waals surface area contributed by atoms with E-state index in [9.17, 15) is 9.18 Å². The highest BCUT2D eigenvalue weighted by Gasteiger charge is 2.15. The minimum atomic E-state index is -0.551. The summed E-state index contributed by atoms with van der Waals surface area (Å²) >= 11 is 0. The van der Waals surface area contributed by atoms with Crippen LogP contribution >= 0.6 is 0 Å². The first kappa shape index (κ1) is 16.8. The lowest BCUT2D eigenvalue weighted by Gasteiger charge is -2.09. The molecule has 2 N–H and O–H groups in total. The molecule has 130 valence electrons. The van der Waals surface area contributed by atoms with Gasteiger partial charge in [0, 0.05) is 24.0 Å². The van der Waals surface area contributed by atoms with Gasteiger partial charge in [0.1, 0.15) is 5.52 Å². The fourth-order valence-corrected chi connectivity index (χ4v) is 2.40. The standard InChI is InChI=1S/C18H18FN3O3/c1-10(2)25-16-7-5-14-17(22-16)12(9-20-14)18(23)21-11-4-6-15(24-3)13(19)8-11/h4-10,20H,1-3H3,(H,21,23). The number of hydrogen-bond acceptors (Lipinski definition) is 4. The highest BCUT2D eigenvalue weighted by atomic mass is 19.1. The Kier molecular flexibility index (Phi) is 4.56. The van der Waals surface area contributed by atoms with E-state index >= 15 is 0 Å². The van der Waals surface area contributed by atoms with Gasteiger partial charge in [-0.1, -0.05) is 0 Å². The number of aromatic nitrogens is 2. The minimum Gasteiger partial charge on any atom is -0.494 e. The number of halogens is 1. The summed E-state index contributed by atoms with van der Waals surface area (Å²) in [6.07, 6.45) is 1.54. The summed E-state index contributed by atoms with van der Waals surface area (Å²) in [6, 6.07) is 7.75. The van der Waals surface area contributed by atoms with Gasteiger partial charge in [-0.25, -0.2) is 9.37 Å². The number of nitrogens with zero attached hydrogens (tertiary/aromatic N) is 1. The SMILES string of the molecule is COc1ccc(NC(=O)c2c[nH]c3ccc(OC(C)C)nc23)cc1F. The molecule has 0 aliphatic rings. The molecule has 0 atom stereocenters. The number of nitrogens with one attached hydrogen (secondary N) is 2. The minimum absolute atomic E-state index is 0.0246. The average Bonchev–Trinajstić information content (AvgIpc) is 2.97. The van der Waals surface area contributed by atoms with Crippen LogP contribution in [0.1, 0.15) is 24.2 Å². The molecule has 0 aliphatic heterocycles. The van der Waals surface area contributed by atoms with E-state index in [1.165, 1.54) is 19.2 Å². The topological polar surface area (TPSA) is 76.2 Å². The number of H-pyrrole nitrogens is 1. The van der Waals surface area contributed by atoms with Crippen LogP contribution in [0.4, 0.5) is 10.1 Å². The summed E-state index contributed by atoms with van der Waals surface area (Å²) in [5.74, 6) is -0.399. The molecule has 0 aliphatic carbocycles. The molecular formula is C18H18FN3O3. The summed E-state index contributed by atoms with van der Waals surface area (Å²) in [4.78, 5) is 19.9. The Hall–Kier alpha value is -3.09. The molecule has 1 amide bonds. The van der Waals surface area contributed by atoms with Crippen molar-refractivity contribution in [2.45, 2.75) is 20.0 Å². The molecule has 0 spiro atoms. The Labute approximate surface area is 144 Å². The van der Waals surface area contributed by atoms with Crippen LogP contribution in [0.25, 0.3) is 11.0 Å². The third kappa shape index (κ3) is 3.55. The van der Waals surface area contributed by atoms with Crippen LogP contribution in [0.2, 0.25) is 0 Å². The van der Waals surface area contributed by atoms with Gasteiger partial charge in [0.05, 0.1) is 24.3 Å². The number of aromatic amines is 1. The van der Waals surface area contributed by atoms with Crippen LogP contribution in [0.3, 0.4) is 0 Å². The third-order valence-corrected chi connectivity index (χ3v) is 3.51. The van der Waals surface area contributed by atoms with E-state index in [-0.39, 0.29) is 11.9 Å². The lowest BCUT2D eigenvalue weighted by molar-refractivity contribution is 0.102. The lowest BCUT2D eigenvalue weighted by Crippen LogP contribution is -2.12. The number of ether oxygens (including phenoxy) is 2. The van der Waals surface area contributed by atoms with Crippen LogP contribution in [0, 0.1) is 5.82 Å². The second-order valence-electron chi connectivity index (χ2n) is 5.72. The van der Waals surface area contributed by atoms with Crippen LogP contribution in [-0.4, -0.2) is 29.1 Å². The van der Waals surface area contributed by atoms with E-state index in [0.717, 1.165) is 0 Å². The Morgan fingerprint density at radius 1 is 1.28 bits per heavy atom. The predicted molar refractivity (Wildman–Crippen MR) is 92.8 cm³/mol. The number of hydrogen-bond donors (Lipinski definition) is 2. The van der Waals surface area contributed by atoms with Crippen LogP contribution < -0.4 is 14.8 Å². The number of pyridine rings is 1. The number of rotatable bonds is 5. The van der Waals surface area contributed by atoms with Crippen molar-refractivity contribution in [3.63, 3.8) is 0 Å². The third-order valence-electron chi connectivity index (χ3n) is 3.51. The fourth-order valence-electron chi connectivity index (χ4n) is 2.40. The quantitative estimate of drug-likeness (QED) is 0.740. The van der Waals surface area contributed by atoms with Crippen molar-refractivity contribution in [1.29, 1.82) is 0 Å². The van der Waals surface area contributed by atoms with E-state index in [1.54, 1.807) is 24.4 Å². The summed E-state index contributed by atoms with van der Waals surface area (Å²) in [7, 11) is 1.38. The zero-order chi connectivity index (χ0) is 18.0. The Morgan fingerprint density at radius 3 is 2.76 bits per heavy atom. The lowest BCUT2D eigenvalue weighted by atomic mass is 10.2. The highest BCUT2D eigenvalue weighted by Crippen LogP contribution is 2.24. The van der Waals surface area contributed by atoms with Gasteiger partial charge in [0.25, 0.3) is 5.91 Å². The summed E-state index contributed by atoms with van der Waals surface area (Å²) in [5.41, 5.74) is 1.87. The molecule has 7 heteroatoms. The van der Waals surface area contributed by atoms with Crippen LogP contribution in [-0.2, 0) is 0 Å². The average molecular weight is 343 g/mol. The maximum Gasteiger partial charge on any atom is 0.259 e. The number of anilines is 1. The van der Waals surface area contributed by atoms with Gasteiger partial charge >= 0.3 is 0 Å². The van der Waals surface area contributed by atoms with Crippen molar-refractivity contribution < 1.29 is 18.7 Å². The number of benzene rings is 1. The summed E-state index contributed by atoms with van der Waals surface area (Å²) < 4.78 is 24.2. The van der Waals surface area contributed by atoms with E-state index in [4.69, 9.17) is 9.47 Å². The zero-order valence-electron chi connectivity index (χ0n) is 14.1. The molecule has 6 nitrogen and oxygen atoms in total. The van der Waals surface area contributed by atoms with E-state index in [1.807, 2.05) is 13.8 Å². The Bertz CT molecular complexity index is 921. The summed E-state index contributed by atoms with van der Waals surface area (Å²) in [6.45, 7) is 3.80. The van der Waals surface area contributed by atoms with Crippen molar-refractivity contribution in [2.24, 2.45) is 0 Å². The Morgan fingerprint density at radius 2 is 2.08 bits per heavy atom. The van der Waals surface area contributed by atoms with Crippen molar-refractivity contribution in [1.82, 2.24) is 9.97 Å². The highest BCUT2D eigenvalue weighted by molar-refractivity contribution is 6.11. The summed E-state index contributed by atoms with van der Waals surface area (Å²) in [5, 5.41) is 2.65. The first-order chi connectivity index (χ1) is 12.0. The molecule has 0 radical (unpaired) electrons. The molecule has 3 aromatic rings.